The Hall–Kier alpha value is -1.61. The van der Waals surface area contributed by atoms with Gasteiger partial charge in [0.25, 0.3) is 0 Å². The Labute approximate surface area is 126 Å². The Kier molecular flexibility index (Phi) is 4.11. The molecular formula is C18H23NO2. The van der Waals surface area contributed by atoms with E-state index in [4.69, 9.17) is 4.74 Å². The van der Waals surface area contributed by atoms with E-state index in [9.17, 15) is 4.79 Å². The minimum Gasteiger partial charge on any atom is -0.381 e. The first-order valence-electron chi connectivity index (χ1n) is 7.80. The summed E-state index contributed by atoms with van der Waals surface area (Å²) >= 11 is 0. The van der Waals surface area contributed by atoms with Gasteiger partial charge in [0, 0.05) is 26.5 Å². The van der Waals surface area contributed by atoms with Crippen molar-refractivity contribution in [1.82, 2.24) is 4.90 Å². The van der Waals surface area contributed by atoms with E-state index in [-0.39, 0.29) is 11.8 Å². The monoisotopic (exact) mass is 285 g/mol. The second kappa shape index (κ2) is 6.02. The minimum absolute atomic E-state index is 0.0721. The van der Waals surface area contributed by atoms with Crippen molar-refractivity contribution in [1.29, 1.82) is 0 Å². The molecule has 0 saturated carbocycles. The number of benzene rings is 1. The van der Waals surface area contributed by atoms with Gasteiger partial charge < -0.3 is 9.64 Å². The summed E-state index contributed by atoms with van der Waals surface area (Å²) in [6.07, 6.45) is 7.37. The number of likely N-dealkylation sites (N-methyl/N-ethyl adjacent to an activating group) is 1. The van der Waals surface area contributed by atoms with Crippen LogP contribution in [0.3, 0.4) is 0 Å². The zero-order valence-electron chi connectivity index (χ0n) is 12.8. The zero-order chi connectivity index (χ0) is 14.8. The van der Waals surface area contributed by atoms with Crippen molar-refractivity contribution < 1.29 is 9.53 Å². The number of amides is 1. The average Bonchev–Trinajstić information content (AvgIpc) is 2.61. The van der Waals surface area contributed by atoms with Crippen LogP contribution in [0, 0.1) is 5.92 Å². The van der Waals surface area contributed by atoms with Crippen LogP contribution in [0.4, 0.5) is 0 Å². The highest BCUT2D eigenvalue weighted by Crippen LogP contribution is 2.29. The minimum atomic E-state index is -0.0721. The van der Waals surface area contributed by atoms with Gasteiger partial charge in [-0.3, -0.25) is 4.79 Å². The van der Waals surface area contributed by atoms with E-state index < -0.39 is 0 Å². The Morgan fingerprint density at radius 1 is 1.29 bits per heavy atom. The maximum Gasteiger partial charge on any atom is 0.233 e. The van der Waals surface area contributed by atoms with Gasteiger partial charge in [0.15, 0.2) is 0 Å². The normalized spacial score (nSPS) is 23.0. The second-order valence-electron chi connectivity index (χ2n) is 6.21. The summed E-state index contributed by atoms with van der Waals surface area (Å²) in [5, 5.41) is 0. The van der Waals surface area contributed by atoms with Gasteiger partial charge in [-0.25, -0.2) is 0 Å². The van der Waals surface area contributed by atoms with Crippen molar-refractivity contribution in [2.24, 2.45) is 5.92 Å². The smallest absolute Gasteiger partial charge is 0.233 e. The van der Waals surface area contributed by atoms with Gasteiger partial charge in [0.05, 0.1) is 5.92 Å². The van der Waals surface area contributed by atoms with E-state index in [1.54, 1.807) is 4.90 Å². The number of nitrogens with zero attached hydrogens (tertiary/aromatic N) is 1. The van der Waals surface area contributed by atoms with Gasteiger partial charge in [-0.2, -0.15) is 0 Å². The summed E-state index contributed by atoms with van der Waals surface area (Å²) in [6.45, 7) is 3.78. The molecular weight excluding hydrogens is 262 g/mol. The summed E-state index contributed by atoms with van der Waals surface area (Å²) in [6, 6.07) is 6.58. The van der Waals surface area contributed by atoms with Crippen LogP contribution >= 0.6 is 0 Å². The van der Waals surface area contributed by atoms with Crippen molar-refractivity contribution in [3.63, 3.8) is 0 Å². The van der Waals surface area contributed by atoms with Crippen LogP contribution in [0.2, 0.25) is 0 Å². The number of hydrogen-bond donors (Lipinski definition) is 0. The van der Waals surface area contributed by atoms with Crippen LogP contribution in [-0.4, -0.2) is 31.1 Å². The Morgan fingerprint density at radius 2 is 2.05 bits per heavy atom. The quantitative estimate of drug-likeness (QED) is 0.835. The van der Waals surface area contributed by atoms with Gasteiger partial charge in [-0.15, -0.1) is 0 Å². The number of carbonyl (C=O) groups is 1. The number of hydrogen-bond acceptors (Lipinski definition) is 2. The highest BCUT2D eigenvalue weighted by atomic mass is 16.5. The van der Waals surface area contributed by atoms with Crippen LogP contribution in [0.15, 0.2) is 24.4 Å². The maximum absolute atomic E-state index is 12.2. The lowest BCUT2D eigenvalue weighted by atomic mass is 9.89. The fraction of sp³-hybridized carbons (Fsp3) is 0.500. The highest BCUT2D eigenvalue weighted by molar-refractivity contribution is 5.87. The van der Waals surface area contributed by atoms with E-state index in [0.29, 0.717) is 0 Å². The molecule has 0 spiro atoms. The fourth-order valence-electron chi connectivity index (χ4n) is 3.28. The van der Waals surface area contributed by atoms with E-state index in [0.717, 1.165) is 44.0 Å². The number of rotatable bonds is 2. The van der Waals surface area contributed by atoms with Crippen molar-refractivity contribution in [2.45, 2.75) is 32.1 Å². The van der Waals surface area contributed by atoms with Crippen molar-refractivity contribution in [3.8, 4) is 0 Å². The molecule has 1 amide bonds. The molecule has 21 heavy (non-hydrogen) atoms. The largest absolute Gasteiger partial charge is 0.381 e. The third kappa shape index (κ3) is 3.03. The first-order valence-corrected chi connectivity index (χ1v) is 7.80. The Balaban J connectivity index is 1.83. The summed E-state index contributed by atoms with van der Waals surface area (Å²) < 4.78 is 5.43. The van der Waals surface area contributed by atoms with Crippen LogP contribution in [0.5, 0.6) is 0 Å². The van der Waals surface area contributed by atoms with Crippen molar-refractivity contribution in [2.75, 3.05) is 20.3 Å². The van der Waals surface area contributed by atoms with Crippen LogP contribution in [0.1, 0.15) is 42.4 Å². The van der Waals surface area contributed by atoms with Crippen LogP contribution < -0.4 is 0 Å². The molecule has 1 aromatic rings. The zero-order valence-corrected chi connectivity index (χ0v) is 12.8. The van der Waals surface area contributed by atoms with E-state index in [1.165, 1.54) is 11.1 Å². The molecule has 2 aliphatic rings. The molecule has 0 bridgehead atoms. The van der Waals surface area contributed by atoms with E-state index >= 15 is 0 Å². The molecule has 3 heteroatoms. The van der Waals surface area contributed by atoms with Crippen LogP contribution in [0.25, 0.3) is 6.08 Å². The number of carbonyl (C=O) groups excluding carboxylic acids is 1. The lowest BCUT2D eigenvalue weighted by Crippen LogP contribution is -2.24. The molecule has 0 aliphatic carbocycles. The Morgan fingerprint density at radius 3 is 2.81 bits per heavy atom. The molecule has 1 saturated heterocycles. The van der Waals surface area contributed by atoms with Gasteiger partial charge in [-0.05, 0) is 54.9 Å². The van der Waals surface area contributed by atoms with Crippen LogP contribution in [-0.2, 0) is 16.0 Å². The summed E-state index contributed by atoms with van der Waals surface area (Å²) in [7, 11) is 1.82. The first-order chi connectivity index (χ1) is 10.1. The molecule has 3 nitrogen and oxygen atoms in total. The predicted octanol–water partition coefficient (Wildman–Crippen LogP) is 3.20. The molecule has 0 unspecified atom stereocenters. The lowest BCUT2D eigenvalue weighted by Gasteiger charge is -2.22. The first kappa shape index (κ1) is 14.3. The number of ether oxygens (including phenoxy) is 1. The van der Waals surface area contributed by atoms with Gasteiger partial charge >= 0.3 is 0 Å². The molecule has 1 aromatic carbocycles. The highest BCUT2D eigenvalue weighted by Gasteiger charge is 2.23. The summed E-state index contributed by atoms with van der Waals surface area (Å²) in [4.78, 5) is 13.9. The molecule has 1 fully saturated rings. The SMILES string of the molecule is C[C@H]1C(=O)N(C)C=Cc2cc(CC3CCOCC3)ccc21. The molecule has 2 aliphatic heterocycles. The number of fused-ring (bicyclic) bond motifs is 1. The molecule has 0 N–H and O–H groups in total. The van der Waals surface area contributed by atoms with E-state index in [1.807, 2.05) is 20.2 Å². The topological polar surface area (TPSA) is 29.5 Å². The lowest BCUT2D eigenvalue weighted by molar-refractivity contribution is -0.128. The van der Waals surface area contributed by atoms with Gasteiger partial charge in [-0.1, -0.05) is 18.2 Å². The maximum atomic E-state index is 12.2. The standard InChI is InChI=1S/C18H23NO2/c1-13-17-4-3-15(11-14-6-9-21-10-7-14)12-16(17)5-8-19(2)18(13)20/h3-5,8,12-14H,6-7,9-11H2,1-2H3/t13-/m1/s1. The van der Waals surface area contributed by atoms with Gasteiger partial charge in [0.2, 0.25) is 5.91 Å². The third-order valence-electron chi connectivity index (χ3n) is 4.68. The summed E-state index contributed by atoms with van der Waals surface area (Å²) in [5.41, 5.74) is 3.69. The fourth-order valence-corrected chi connectivity index (χ4v) is 3.28. The average molecular weight is 285 g/mol. The molecule has 112 valence electrons. The van der Waals surface area contributed by atoms with Gasteiger partial charge in [0.1, 0.15) is 0 Å². The molecule has 1 atom stereocenters. The molecule has 0 radical (unpaired) electrons. The molecule has 3 rings (SSSR count). The predicted molar refractivity (Wildman–Crippen MR) is 83.9 cm³/mol. The molecule has 0 aromatic heterocycles. The Bertz CT molecular complexity index is 558. The van der Waals surface area contributed by atoms with Crippen molar-refractivity contribution >= 4 is 12.0 Å². The van der Waals surface area contributed by atoms with E-state index in [2.05, 4.69) is 24.3 Å². The third-order valence-corrected chi connectivity index (χ3v) is 4.68. The summed E-state index contributed by atoms with van der Waals surface area (Å²) in [5.74, 6) is 0.813. The molecule has 2 heterocycles. The second-order valence-corrected chi connectivity index (χ2v) is 6.21. The van der Waals surface area contributed by atoms with Crippen molar-refractivity contribution in [3.05, 3.63) is 41.1 Å².